The first-order valence-corrected chi connectivity index (χ1v) is 10.9. The van der Waals surface area contributed by atoms with Gasteiger partial charge in [0.1, 0.15) is 0 Å². The summed E-state index contributed by atoms with van der Waals surface area (Å²) in [6.07, 6.45) is 6.55. The lowest BCUT2D eigenvalue weighted by Crippen LogP contribution is -2.12. The minimum absolute atomic E-state index is 0.0910. The minimum atomic E-state index is -3.70. The van der Waals surface area contributed by atoms with Crippen molar-refractivity contribution in [1.82, 2.24) is 4.98 Å². The standard InChI is InChI=1S/C23H22N2O4S/c26-23(27)14-5-4-13-22(19-9-7-15-24-17-19)18-8-6-10-20(16-18)25-30(28,29)21-11-2-1-3-12-21/h1-3,6-13,15-17,25H,4-5,14H2,(H,26,27)/b22-13+. The fourth-order valence-electron chi connectivity index (χ4n) is 2.99. The third-order valence-corrected chi connectivity index (χ3v) is 5.79. The number of hydrogen-bond acceptors (Lipinski definition) is 4. The molecule has 3 aromatic rings. The monoisotopic (exact) mass is 422 g/mol. The van der Waals surface area contributed by atoms with Gasteiger partial charge in [-0.2, -0.15) is 0 Å². The molecule has 1 aromatic heterocycles. The van der Waals surface area contributed by atoms with Gasteiger partial charge >= 0.3 is 5.97 Å². The van der Waals surface area contributed by atoms with Crippen LogP contribution in [0.1, 0.15) is 30.4 Å². The molecule has 0 unspecified atom stereocenters. The molecular formula is C23H22N2O4S. The Morgan fingerprint density at radius 2 is 1.77 bits per heavy atom. The smallest absolute Gasteiger partial charge is 0.303 e. The maximum Gasteiger partial charge on any atom is 0.303 e. The van der Waals surface area contributed by atoms with Gasteiger partial charge in [0.05, 0.1) is 4.90 Å². The van der Waals surface area contributed by atoms with E-state index in [-0.39, 0.29) is 11.3 Å². The Hall–Kier alpha value is -3.45. The van der Waals surface area contributed by atoms with Crippen molar-refractivity contribution in [3.63, 3.8) is 0 Å². The van der Waals surface area contributed by atoms with Gasteiger partial charge in [0.25, 0.3) is 10.0 Å². The molecule has 154 valence electrons. The van der Waals surface area contributed by atoms with Gasteiger partial charge in [0.2, 0.25) is 0 Å². The van der Waals surface area contributed by atoms with Crippen LogP contribution in [-0.2, 0) is 14.8 Å². The molecule has 2 aromatic carbocycles. The summed E-state index contributed by atoms with van der Waals surface area (Å²) in [5.41, 5.74) is 2.99. The van der Waals surface area contributed by atoms with E-state index in [1.54, 1.807) is 48.8 Å². The molecule has 3 rings (SSSR count). The zero-order valence-electron chi connectivity index (χ0n) is 16.2. The van der Waals surface area contributed by atoms with Crippen LogP contribution in [0.15, 0.2) is 90.1 Å². The van der Waals surface area contributed by atoms with Gasteiger partial charge in [-0.05, 0) is 54.3 Å². The molecule has 0 amide bonds. The summed E-state index contributed by atoms with van der Waals surface area (Å²) < 4.78 is 27.9. The molecule has 6 nitrogen and oxygen atoms in total. The van der Waals surface area contributed by atoms with E-state index in [2.05, 4.69) is 9.71 Å². The maximum atomic E-state index is 12.6. The van der Waals surface area contributed by atoms with Crippen molar-refractivity contribution in [2.24, 2.45) is 0 Å². The quantitative estimate of drug-likeness (QED) is 0.493. The summed E-state index contributed by atoms with van der Waals surface area (Å²) in [6.45, 7) is 0. The van der Waals surface area contributed by atoms with Crippen LogP contribution < -0.4 is 4.72 Å². The Labute approximate surface area is 176 Å². The normalized spacial score (nSPS) is 11.8. The van der Waals surface area contributed by atoms with Crippen LogP contribution in [0.3, 0.4) is 0 Å². The van der Waals surface area contributed by atoms with E-state index in [9.17, 15) is 13.2 Å². The highest BCUT2D eigenvalue weighted by molar-refractivity contribution is 7.92. The van der Waals surface area contributed by atoms with E-state index in [1.807, 2.05) is 24.3 Å². The molecule has 0 saturated heterocycles. The van der Waals surface area contributed by atoms with Gasteiger partial charge in [-0.15, -0.1) is 0 Å². The Kier molecular flexibility index (Phi) is 6.98. The van der Waals surface area contributed by atoms with Crippen LogP contribution in [0.25, 0.3) is 5.57 Å². The highest BCUT2D eigenvalue weighted by Crippen LogP contribution is 2.27. The highest BCUT2D eigenvalue weighted by Gasteiger charge is 2.14. The number of aliphatic carboxylic acids is 1. The third-order valence-electron chi connectivity index (χ3n) is 4.40. The first-order valence-electron chi connectivity index (χ1n) is 9.46. The molecule has 0 radical (unpaired) electrons. The highest BCUT2D eigenvalue weighted by atomic mass is 32.2. The molecule has 0 aliphatic carbocycles. The first-order chi connectivity index (χ1) is 14.5. The Balaban J connectivity index is 1.90. The predicted molar refractivity (Wildman–Crippen MR) is 116 cm³/mol. The average Bonchev–Trinajstić information content (AvgIpc) is 2.75. The lowest BCUT2D eigenvalue weighted by atomic mass is 9.97. The molecule has 0 bridgehead atoms. The number of rotatable bonds is 9. The van der Waals surface area contributed by atoms with Crippen molar-refractivity contribution < 1.29 is 18.3 Å². The van der Waals surface area contributed by atoms with Crippen molar-refractivity contribution >= 4 is 27.3 Å². The lowest BCUT2D eigenvalue weighted by molar-refractivity contribution is -0.137. The van der Waals surface area contributed by atoms with E-state index in [0.717, 1.165) is 16.7 Å². The number of hydrogen-bond donors (Lipinski definition) is 2. The molecule has 0 saturated carbocycles. The maximum absolute atomic E-state index is 12.6. The minimum Gasteiger partial charge on any atom is -0.481 e. The van der Waals surface area contributed by atoms with Crippen molar-refractivity contribution in [3.8, 4) is 0 Å². The van der Waals surface area contributed by atoms with Crippen molar-refractivity contribution in [2.75, 3.05) is 4.72 Å². The largest absolute Gasteiger partial charge is 0.481 e. The van der Waals surface area contributed by atoms with Gasteiger partial charge in [-0.3, -0.25) is 14.5 Å². The summed E-state index contributed by atoms with van der Waals surface area (Å²) in [5.74, 6) is -0.830. The van der Waals surface area contributed by atoms with Gasteiger partial charge < -0.3 is 5.11 Å². The number of nitrogens with zero attached hydrogens (tertiary/aromatic N) is 1. The van der Waals surface area contributed by atoms with E-state index in [1.165, 1.54) is 12.1 Å². The topological polar surface area (TPSA) is 96.4 Å². The number of carboxylic acids is 1. The zero-order valence-corrected chi connectivity index (χ0v) is 17.0. The zero-order chi connectivity index (χ0) is 21.4. The van der Waals surface area contributed by atoms with E-state index in [0.29, 0.717) is 18.5 Å². The number of pyridine rings is 1. The molecule has 0 fully saturated rings. The number of allylic oxidation sites excluding steroid dienone is 1. The number of carboxylic acid groups (broad SMARTS) is 1. The Bertz CT molecular complexity index is 1130. The van der Waals surface area contributed by atoms with Crippen LogP contribution in [0.5, 0.6) is 0 Å². The number of unbranched alkanes of at least 4 members (excludes halogenated alkanes) is 1. The predicted octanol–water partition coefficient (Wildman–Crippen LogP) is 4.57. The molecule has 0 atom stereocenters. The lowest BCUT2D eigenvalue weighted by Gasteiger charge is -2.12. The summed E-state index contributed by atoms with van der Waals surface area (Å²) >= 11 is 0. The number of benzene rings is 2. The summed E-state index contributed by atoms with van der Waals surface area (Å²) in [5, 5.41) is 8.86. The fourth-order valence-corrected chi connectivity index (χ4v) is 4.06. The number of nitrogens with one attached hydrogen (secondary N) is 1. The van der Waals surface area contributed by atoms with Crippen LogP contribution >= 0.6 is 0 Å². The fraction of sp³-hybridized carbons (Fsp3) is 0.130. The van der Waals surface area contributed by atoms with Gasteiger partial charge in [-0.25, -0.2) is 8.42 Å². The Morgan fingerprint density at radius 3 is 2.47 bits per heavy atom. The van der Waals surface area contributed by atoms with Crippen LogP contribution in [0.4, 0.5) is 5.69 Å². The summed E-state index contributed by atoms with van der Waals surface area (Å²) in [4.78, 5) is 15.1. The first kappa shape index (κ1) is 21.3. The number of sulfonamides is 1. The molecule has 30 heavy (non-hydrogen) atoms. The van der Waals surface area contributed by atoms with Crippen molar-refractivity contribution in [1.29, 1.82) is 0 Å². The molecule has 1 heterocycles. The van der Waals surface area contributed by atoms with E-state index in [4.69, 9.17) is 5.11 Å². The van der Waals surface area contributed by atoms with Crippen LogP contribution in [-0.4, -0.2) is 24.5 Å². The van der Waals surface area contributed by atoms with E-state index < -0.39 is 16.0 Å². The number of carbonyl (C=O) groups is 1. The molecular weight excluding hydrogens is 400 g/mol. The van der Waals surface area contributed by atoms with E-state index >= 15 is 0 Å². The Morgan fingerprint density at radius 1 is 1.00 bits per heavy atom. The molecule has 7 heteroatoms. The van der Waals surface area contributed by atoms with Gasteiger partial charge in [0, 0.05) is 30.1 Å². The van der Waals surface area contributed by atoms with Gasteiger partial charge in [-0.1, -0.05) is 42.5 Å². The van der Waals surface area contributed by atoms with Crippen LogP contribution in [0, 0.1) is 0 Å². The second-order valence-electron chi connectivity index (χ2n) is 6.64. The second-order valence-corrected chi connectivity index (χ2v) is 8.33. The van der Waals surface area contributed by atoms with Gasteiger partial charge in [0.15, 0.2) is 0 Å². The number of aromatic nitrogens is 1. The molecule has 2 N–H and O–H groups in total. The number of anilines is 1. The second kappa shape index (κ2) is 9.84. The molecule has 0 aliphatic heterocycles. The third kappa shape index (κ3) is 5.78. The van der Waals surface area contributed by atoms with Crippen molar-refractivity contribution in [2.45, 2.75) is 24.2 Å². The SMILES string of the molecule is O=C(O)CCC/C=C(/c1cccnc1)c1cccc(NS(=O)(=O)c2ccccc2)c1. The summed E-state index contributed by atoms with van der Waals surface area (Å²) in [6, 6.07) is 19.0. The van der Waals surface area contributed by atoms with Crippen molar-refractivity contribution in [3.05, 3.63) is 96.3 Å². The summed E-state index contributed by atoms with van der Waals surface area (Å²) in [7, 11) is -3.70. The van der Waals surface area contributed by atoms with Crippen LogP contribution in [0.2, 0.25) is 0 Å². The molecule has 0 spiro atoms. The molecule has 0 aliphatic rings. The average molecular weight is 423 g/mol.